The van der Waals surface area contributed by atoms with E-state index < -0.39 is 17.5 Å². The first-order valence-corrected chi connectivity index (χ1v) is 4.78. The summed E-state index contributed by atoms with van der Waals surface area (Å²) in [5.74, 6) is -1.79. The summed E-state index contributed by atoms with van der Waals surface area (Å²) in [4.78, 5) is 23.5. The van der Waals surface area contributed by atoms with Gasteiger partial charge in [0, 0.05) is 13.0 Å². The topological polar surface area (TPSA) is 37.4 Å². The van der Waals surface area contributed by atoms with Crippen LogP contribution in [0.25, 0.3) is 0 Å². The highest BCUT2D eigenvalue weighted by Gasteiger charge is 2.32. The molecule has 1 heterocycles. The minimum atomic E-state index is -0.693. The van der Waals surface area contributed by atoms with Crippen LogP contribution in [-0.2, 0) is 9.59 Å². The fourth-order valence-electron chi connectivity index (χ4n) is 1.53. The second-order valence-electron chi connectivity index (χ2n) is 3.20. The molecule has 3 nitrogen and oxygen atoms in total. The van der Waals surface area contributed by atoms with Gasteiger partial charge in [0.05, 0.1) is 10.7 Å². The van der Waals surface area contributed by atoms with Crippen molar-refractivity contribution >= 4 is 29.0 Å². The van der Waals surface area contributed by atoms with E-state index in [1.54, 1.807) is 0 Å². The Bertz CT molecular complexity index is 427. The molecule has 1 aromatic rings. The maximum atomic E-state index is 13.4. The molecule has 1 amide bonds. The smallest absolute Gasteiger partial charge is 0.294 e. The molecule has 0 aromatic heterocycles. The highest BCUT2D eigenvalue weighted by molar-refractivity contribution is 6.45. The van der Waals surface area contributed by atoms with Crippen molar-refractivity contribution in [3.8, 4) is 0 Å². The van der Waals surface area contributed by atoms with Crippen LogP contribution in [0.5, 0.6) is 0 Å². The number of para-hydroxylation sites is 1. The Morgan fingerprint density at radius 3 is 2.60 bits per heavy atom. The maximum absolute atomic E-state index is 13.4. The average molecular weight is 228 g/mol. The number of Topliss-reactive ketones (excluding diaryl/α,β-unsaturated/α-hetero) is 1. The molecule has 1 saturated heterocycles. The Kier molecular flexibility index (Phi) is 2.44. The predicted molar refractivity (Wildman–Crippen MR) is 53.4 cm³/mol. The first-order valence-electron chi connectivity index (χ1n) is 4.40. The lowest BCUT2D eigenvalue weighted by atomic mass is 10.3. The van der Waals surface area contributed by atoms with Gasteiger partial charge < -0.3 is 4.90 Å². The van der Waals surface area contributed by atoms with Gasteiger partial charge in [0.15, 0.2) is 0 Å². The first kappa shape index (κ1) is 10.1. The van der Waals surface area contributed by atoms with E-state index in [1.165, 1.54) is 18.2 Å². The van der Waals surface area contributed by atoms with Gasteiger partial charge in [0.25, 0.3) is 5.91 Å². The first-order chi connectivity index (χ1) is 7.11. The number of halogens is 2. The molecule has 0 N–H and O–H groups in total. The molecule has 0 aliphatic carbocycles. The van der Waals surface area contributed by atoms with Gasteiger partial charge >= 0.3 is 0 Å². The molecule has 0 radical (unpaired) electrons. The lowest BCUT2D eigenvalue weighted by Gasteiger charge is -2.16. The minimum absolute atomic E-state index is 0.00461. The number of benzene rings is 1. The zero-order chi connectivity index (χ0) is 11.0. The molecule has 0 bridgehead atoms. The Labute approximate surface area is 90.4 Å². The zero-order valence-corrected chi connectivity index (χ0v) is 8.42. The average Bonchev–Trinajstić information content (AvgIpc) is 2.49. The number of rotatable bonds is 1. The maximum Gasteiger partial charge on any atom is 0.294 e. The van der Waals surface area contributed by atoms with Gasteiger partial charge in [-0.3, -0.25) is 9.59 Å². The normalized spacial score (nSPS) is 16.3. The Hall–Kier alpha value is -1.42. The molecule has 1 aliphatic rings. The molecular formula is C10H7ClFNO2. The van der Waals surface area contributed by atoms with Crippen molar-refractivity contribution in [2.75, 3.05) is 11.4 Å². The minimum Gasteiger partial charge on any atom is -0.301 e. The lowest BCUT2D eigenvalue weighted by molar-refractivity contribution is -0.133. The summed E-state index contributed by atoms with van der Waals surface area (Å²) >= 11 is 5.78. The Morgan fingerprint density at radius 2 is 2.07 bits per heavy atom. The highest BCUT2D eigenvalue weighted by Crippen LogP contribution is 2.30. The summed E-state index contributed by atoms with van der Waals surface area (Å²) in [6.45, 7) is 0.193. The van der Waals surface area contributed by atoms with E-state index in [2.05, 4.69) is 0 Å². The molecule has 15 heavy (non-hydrogen) atoms. The van der Waals surface area contributed by atoms with Gasteiger partial charge in [-0.15, -0.1) is 0 Å². The van der Waals surface area contributed by atoms with Gasteiger partial charge in [-0.05, 0) is 12.1 Å². The van der Waals surface area contributed by atoms with Gasteiger partial charge in [-0.1, -0.05) is 17.7 Å². The van der Waals surface area contributed by atoms with E-state index in [-0.39, 0.29) is 23.7 Å². The van der Waals surface area contributed by atoms with Crippen LogP contribution in [-0.4, -0.2) is 18.2 Å². The molecule has 1 aromatic carbocycles. The van der Waals surface area contributed by atoms with Gasteiger partial charge in [0.1, 0.15) is 5.82 Å². The molecule has 1 aliphatic heterocycles. The Balaban J connectivity index is 2.46. The largest absolute Gasteiger partial charge is 0.301 e. The lowest BCUT2D eigenvalue weighted by Crippen LogP contribution is -2.28. The standard InChI is InChI=1S/C10H7ClFNO2/c11-6-2-1-3-7(12)9(6)13-5-4-8(14)10(13)15/h1-3H,4-5H2. The third-order valence-corrected chi connectivity index (χ3v) is 2.56. The van der Waals surface area contributed by atoms with E-state index in [9.17, 15) is 14.0 Å². The number of amides is 1. The SMILES string of the molecule is O=C1CCN(c2c(F)cccc2Cl)C1=O. The number of carbonyl (C=O) groups is 2. The second-order valence-corrected chi connectivity index (χ2v) is 3.61. The van der Waals surface area contributed by atoms with E-state index in [0.717, 1.165) is 4.90 Å². The van der Waals surface area contributed by atoms with Crippen molar-refractivity contribution in [2.45, 2.75) is 6.42 Å². The molecular weight excluding hydrogens is 221 g/mol. The molecule has 0 spiro atoms. The predicted octanol–water partition coefficient (Wildman–Crippen LogP) is 1.78. The quantitative estimate of drug-likeness (QED) is 0.686. The van der Waals surface area contributed by atoms with Crippen molar-refractivity contribution in [3.05, 3.63) is 29.0 Å². The summed E-state index contributed by atoms with van der Waals surface area (Å²) in [7, 11) is 0. The van der Waals surface area contributed by atoms with Crippen LogP contribution in [0.1, 0.15) is 6.42 Å². The Morgan fingerprint density at radius 1 is 1.33 bits per heavy atom. The molecule has 0 atom stereocenters. The summed E-state index contributed by atoms with van der Waals surface area (Å²) < 4.78 is 13.4. The second kappa shape index (κ2) is 3.62. The van der Waals surface area contributed by atoms with E-state index in [1.807, 2.05) is 0 Å². The molecule has 1 fully saturated rings. The van der Waals surface area contributed by atoms with Crippen LogP contribution in [0.2, 0.25) is 5.02 Å². The van der Waals surface area contributed by atoms with Gasteiger partial charge in [-0.2, -0.15) is 0 Å². The third-order valence-electron chi connectivity index (χ3n) is 2.25. The molecule has 2 rings (SSSR count). The molecule has 78 valence electrons. The number of hydrogen-bond acceptors (Lipinski definition) is 2. The summed E-state index contributed by atoms with van der Waals surface area (Å²) in [6, 6.07) is 4.14. The molecule has 0 unspecified atom stereocenters. The zero-order valence-electron chi connectivity index (χ0n) is 7.67. The summed E-state index contributed by atoms with van der Waals surface area (Å²) in [6.07, 6.45) is 0.115. The van der Waals surface area contributed by atoms with Gasteiger partial charge in [0.2, 0.25) is 5.78 Å². The molecule has 0 saturated carbocycles. The van der Waals surface area contributed by atoms with E-state index in [4.69, 9.17) is 11.6 Å². The summed E-state index contributed by atoms with van der Waals surface area (Å²) in [5.41, 5.74) is -0.00461. The monoisotopic (exact) mass is 227 g/mol. The highest BCUT2D eigenvalue weighted by atomic mass is 35.5. The third kappa shape index (κ3) is 1.61. The molecule has 5 heteroatoms. The van der Waals surface area contributed by atoms with Crippen molar-refractivity contribution in [1.82, 2.24) is 0 Å². The van der Waals surface area contributed by atoms with Crippen LogP contribution < -0.4 is 4.90 Å². The summed E-state index contributed by atoms with van der Waals surface area (Å²) in [5, 5.41) is 0.137. The van der Waals surface area contributed by atoms with Crippen LogP contribution in [0.15, 0.2) is 18.2 Å². The van der Waals surface area contributed by atoms with Crippen LogP contribution >= 0.6 is 11.6 Å². The fraction of sp³-hybridized carbons (Fsp3) is 0.200. The number of nitrogens with zero attached hydrogens (tertiary/aromatic N) is 1. The van der Waals surface area contributed by atoms with Crippen molar-refractivity contribution in [1.29, 1.82) is 0 Å². The van der Waals surface area contributed by atoms with Crippen molar-refractivity contribution in [3.63, 3.8) is 0 Å². The number of ketones is 1. The van der Waals surface area contributed by atoms with Gasteiger partial charge in [-0.25, -0.2) is 4.39 Å². The number of hydrogen-bond donors (Lipinski definition) is 0. The fourth-order valence-corrected chi connectivity index (χ4v) is 1.80. The van der Waals surface area contributed by atoms with E-state index >= 15 is 0 Å². The van der Waals surface area contributed by atoms with Crippen molar-refractivity contribution in [2.24, 2.45) is 0 Å². The van der Waals surface area contributed by atoms with Crippen LogP contribution in [0.3, 0.4) is 0 Å². The van der Waals surface area contributed by atoms with Crippen molar-refractivity contribution < 1.29 is 14.0 Å². The van der Waals surface area contributed by atoms with E-state index in [0.29, 0.717) is 0 Å². The number of anilines is 1. The van der Waals surface area contributed by atoms with Crippen LogP contribution in [0, 0.1) is 5.82 Å². The van der Waals surface area contributed by atoms with Crippen LogP contribution in [0.4, 0.5) is 10.1 Å². The number of carbonyl (C=O) groups excluding carboxylic acids is 2.